The molecule has 1 saturated heterocycles. The summed E-state index contributed by atoms with van der Waals surface area (Å²) in [5, 5.41) is 3.87. The molecule has 188 valence electrons. The Balaban J connectivity index is 1.11. The molecule has 0 unspecified atom stereocenters. The molecule has 4 aromatic rings. The number of hydrogen-bond donors (Lipinski definition) is 1. The Morgan fingerprint density at radius 3 is 2.62 bits per heavy atom. The van der Waals surface area contributed by atoms with E-state index in [-0.39, 0.29) is 11.9 Å². The molecule has 3 heterocycles. The van der Waals surface area contributed by atoms with Crippen LogP contribution in [0, 0.1) is 5.92 Å². The van der Waals surface area contributed by atoms with Gasteiger partial charge in [-0.3, -0.25) is 4.79 Å². The molecule has 2 aromatic heterocycles. The fourth-order valence-electron chi connectivity index (χ4n) is 4.41. The van der Waals surface area contributed by atoms with Crippen molar-refractivity contribution in [2.45, 2.75) is 12.8 Å². The van der Waals surface area contributed by atoms with Crippen LogP contribution in [-0.4, -0.2) is 48.7 Å². The van der Waals surface area contributed by atoms with Crippen LogP contribution in [0.5, 0.6) is 5.75 Å². The van der Waals surface area contributed by atoms with Crippen molar-refractivity contribution in [2.24, 2.45) is 5.92 Å². The predicted molar refractivity (Wildman–Crippen MR) is 142 cm³/mol. The number of pyridine rings is 2. The Morgan fingerprint density at radius 2 is 1.84 bits per heavy atom. The summed E-state index contributed by atoms with van der Waals surface area (Å²) in [4.78, 5) is 35.6. The Hall–Kier alpha value is -4.46. The Labute approximate surface area is 215 Å². The summed E-state index contributed by atoms with van der Waals surface area (Å²) in [6.07, 6.45) is 3.63. The van der Waals surface area contributed by atoms with Crippen LogP contribution >= 0.6 is 0 Å². The lowest BCUT2D eigenvalue weighted by Gasteiger charge is -2.32. The van der Waals surface area contributed by atoms with Gasteiger partial charge in [-0.15, -0.1) is 0 Å². The molecule has 0 bridgehead atoms. The molecule has 0 radical (unpaired) electrons. The molecule has 0 spiro atoms. The van der Waals surface area contributed by atoms with E-state index >= 15 is 0 Å². The van der Waals surface area contributed by atoms with Gasteiger partial charge in [0, 0.05) is 18.5 Å². The SMILES string of the molecule is COC(=O)c1cccc(OCC2CCN(c3ccc(NC(=O)c4ccc5ccccc5n4)cn3)CC2)c1. The standard InChI is InChI=1S/C29H28N4O4/c1-36-29(35)22-6-4-7-24(17-22)37-19-20-13-15-33(16-14-20)27-12-10-23(18-30-27)31-28(34)26-11-9-21-5-2-3-8-25(21)32-26/h2-12,17-18,20H,13-16,19H2,1H3,(H,31,34). The number of nitrogens with zero attached hydrogens (tertiary/aromatic N) is 3. The first-order chi connectivity index (χ1) is 18.1. The van der Waals surface area contributed by atoms with Crippen molar-refractivity contribution < 1.29 is 19.1 Å². The molecule has 37 heavy (non-hydrogen) atoms. The number of anilines is 2. The van der Waals surface area contributed by atoms with Crippen LogP contribution in [0.3, 0.4) is 0 Å². The fourth-order valence-corrected chi connectivity index (χ4v) is 4.41. The number of rotatable bonds is 7. The van der Waals surface area contributed by atoms with E-state index in [9.17, 15) is 9.59 Å². The minimum atomic E-state index is -0.373. The van der Waals surface area contributed by atoms with Gasteiger partial charge in [0.05, 0.1) is 36.7 Å². The highest BCUT2D eigenvalue weighted by Crippen LogP contribution is 2.24. The normalized spacial score (nSPS) is 13.8. The number of methoxy groups -OCH3 is 1. The van der Waals surface area contributed by atoms with Crippen molar-refractivity contribution in [3.63, 3.8) is 0 Å². The maximum atomic E-state index is 12.7. The number of fused-ring (bicyclic) bond motifs is 1. The maximum Gasteiger partial charge on any atom is 0.337 e. The number of amides is 1. The largest absolute Gasteiger partial charge is 0.493 e. The molecule has 1 amide bonds. The first kappa shape index (κ1) is 24.2. The molecule has 1 aliphatic heterocycles. The van der Waals surface area contributed by atoms with Gasteiger partial charge in [-0.25, -0.2) is 14.8 Å². The number of ether oxygens (including phenoxy) is 2. The number of carbonyl (C=O) groups is 2. The number of esters is 1. The lowest BCUT2D eigenvalue weighted by atomic mass is 9.98. The minimum absolute atomic E-state index is 0.266. The molecule has 0 atom stereocenters. The van der Waals surface area contributed by atoms with Crippen LogP contribution in [0.1, 0.15) is 33.7 Å². The Kier molecular flexibility index (Phi) is 7.26. The van der Waals surface area contributed by atoms with Gasteiger partial charge in [-0.1, -0.05) is 30.3 Å². The number of carbonyl (C=O) groups excluding carboxylic acids is 2. The zero-order valence-electron chi connectivity index (χ0n) is 20.6. The van der Waals surface area contributed by atoms with Gasteiger partial charge in [-0.05, 0) is 61.2 Å². The lowest BCUT2D eigenvalue weighted by molar-refractivity contribution is 0.0600. The van der Waals surface area contributed by atoms with Gasteiger partial charge in [0.2, 0.25) is 0 Å². The molecule has 2 aromatic carbocycles. The number of hydrogen-bond acceptors (Lipinski definition) is 7. The summed E-state index contributed by atoms with van der Waals surface area (Å²) in [5.74, 6) is 1.34. The van der Waals surface area contributed by atoms with E-state index < -0.39 is 0 Å². The van der Waals surface area contributed by atoms with Crippen molar-refractivity contribution in [1.29, 1.82) is 0 Å². The summed E-state index contributed by atoms with van der Waals surface area (Å²) in [5.41, 5.74) is 2.26. The minimum Gasteiger partial charge on any atom is -0.493 e. The molecule has 8 heteroatoms. The van der Waals surface area contributed by atoms with Crippen molar-refractivity contribution in [3.05, 3.63) is 90.3 Å². The number of piperidine rings is 1. The van der Waals surface area contributed by atoms with Crippen LogP contribution in [-0.2, 0) is 4.74 Å². The molecule has 0 aliphatic carbocycles. The summed E-state index contributed by atoms with van der Waals surface area (Å²) in [7, 11) is 1.37. The monoisotopic (exact) mass is 496 g/mol. The average Bonchev–Trinajstić information content (AvgIpc) is 2.96. The predicted octanol–water partition coefficient (Wildman–Crippen LogP) is 4.96. The number of benzene rings is 2. The number of nitrogens with one attached hydrogen (secondary N) is 1. The molecular formula is C29H28N4O4. The lowest BCUT2D eigenvalue weighted by Crippen LogP contribution is -2.36. The second-order valence-corrected chi connectivity index (χ2v) is 9.01. The smallest absolute Gasteiger partial charge is 0.337 e. The molecule has 8 nitrogen and oxygen atoms in total. The molecule has 1 fully saturated rings. The second-order valence-electron chi connectivity index (χ2n) is 9.01. The third-order valence-electron chi connectivity index (χ3n) is 6.52. The summed E-state index contributed by atoms with van der Waals surface area (Å²) in [6, 6.07) is 22.2. The van der Waals surface area contributed by atoms with Gasteiger partial charge < -0.3 is 19.7 Å². The summed E-state index contributed by atoms with van der Waals surface area (Å²) >= 11 is 0. The second kappa shape index (κ2) is 11.1. The molecule has 1 N–H and O–H groups in total. The van der Waals surface area contributed by atoms with Crippen LogP contribution in [0.2, 0.25) is 0 Å². The quantitative estimate of drug-likeness (QED) is 0.361. The molecular weight excluding hydrogens is 468 g/mol. The summed E-state index contributed by atoms with van der Waals surface area (Å²) < 4.78 is 10.7. The molecule has 5 rings (SSSR count). The highest BCUT2D eigenvalue weighted by molar-refractivity contribution is 6.04. The highest BCUT2D eigenvalue weighted by Gasteiger charge is 2.21. The Bertz CT molecular complexity index is 1400. The van der Waals surface area contributed by atoms with Crippen LogP contribution in [0.15, 0.2) is 79.0 Å². The van der Waals surface area contributed by atoms with E-state index in [1.54, 1.807) is 30.5 Å². The van der Waals surface area contributed by atoms with Gasteiger partial charge in [0.15, 0.2) is 0 Å². The first-order valence-corrected chi connectivity index (χ1v) is 12.3. The van der Waals surface area contributed by atoms with Gasteiger partial charge in [0.25, 0.3) is 5.91 Å². The maximum absolute atomic E-state index is 12.7. The van der Waals surface area contributed by atoms with E-state index in [1.807, 2.05) is 48.5 Å². The third-order valence-corrected chi connectivity index (χ3v) is 6.52. The first-order valence-electron chi connectivity index (χ1n) is 12.3. The van der Waals surface area contributed by atoms with E-state index in [0.29, 0.717) is 35.2 Å². The molecule has 0 saturated carbocycles. The van der Waals surface area contributed by atoms with Gasteiger partial charge >= 0.3 is 5.97 Å². The zero-order chi connectivity index (χ0) is 25.6. The Morgan fingerprint density at radius 1 is 1.00 bits per heavy atom. The fraction of sp³-hybridized carbons (Fsp3) is 0.241. The van der Waals surface area contributed by atoms with Crippen molar-refractivity contribution in [2.75, 3.05) is 37.0 Å². The zero-order valence-corrected chi connectivity index (χ0v) is 20.6. The molecule has 1 aliphatic rings. The van der Waals surface area contributed by atoms with Crippen molar-refractivity contribution >= 4 is 34.3 Å². The van der Waals surface area contributed by atoms with E-state index in [0.717, 1.165) is 42.7 Å². The van der Waals surface area contributed by atoms with E-state index in [1.165, 1.54) is 7.11 Å². The van der Waals surface area contributed by atoms with Gasteiger partial charge in [-0.2, -0.15) is 0 Å². The number of para-hydroxylation sites is 1. The third kappa shape index (κ3) is 5.86. The van der Waals surface area contributed by atoms with Crippen LogP contribution in [0.4, 0.5) is 11.5 Å². The van der Waals surface area contributed by atoms with Crippen molar-refractivity contribution in [3.8, 4) is 5.75 Å². The van der Waals surface area contributed by atoms with Crippen LogP contribution < -0.4 is 15.0 Å². The van der Waals surface area contributed by atoms with Gasteiger partial charge in [0.1, 0.15) is 17.3 Å². The highest BCUT2D eigenvalue weighted by atomic mass is 16.5. The number of aromatic nitrogens is 2. The topological polar surface area (TPSA) is 93.7 Å². The summed E-state index contributed by atoms with van der Waals surface area (Å²) in [6.45, 7) is 2.34. The van der Waals surface area contributed by atoms with Crippen LogP contribution in [0.25, 0.3) is 10.9 Å². The van der Waals surface area contributed by atoms with E-state index in [4.69, 9.17) is 9.47 Å². The van der Waals surface area contributed by atoms with E-state index in [2.05, 4.69) is 20.2 Å². The van der Waals surface area contributed by atoms with Crippen molar-refractivity contribution in [1.82, 2.24) is 9.97 Å². The average molecular weight is 497 g/mol.